The monoisotopic (exact) mass is 251 g/mol. The van der Waals surface area contributed by atoms with E-state index in [-0.39, 0.29) is 12.2 Å². The molecule has 0 aliphatic carbocycles. The van der Waals surface area contributed by atoms with Gasteiger partial charge in [0.1, 0.15) is 6.10 Å². The van der Waals surface area contributed by atoms with Crippen molar-refractivity contribution < 1.29 is 19.5 Å². The molecule has 0 fully saturated rings. The summed E-state index contributed by atoms with van der Waals surface area (Å²) in [7, 11) is 0. The Morgan fingerprint density at radius 3 is 2.83 bits per heavy atom. The van der Waals surface area contributed by atoms with E-state index < -0.39 is 18.1 Å². The molecule has 18 heavy (non-hydrogen) atoms. The van der Waals surface area contributed by atoms with E-state index in [2.05, 4.69) is 5.16 Å². The number of carbonyl (C=O) groups excluding carboxylic acids is 1. The van der Waals surface area contributed by atoms with Gasteiger partial charge in [-0.3, -0.25) is 4.79 Å². The Hall–Kier alpha value is -2.12. The number of hydrogen-bond donors (Lipinski definition) is 4. The molecule has 1 heterocycles. The number of nitrogens with two attached hydrogens (primary N) is 2. The molecule has 96 valence electrons. The number of aliphatic hydroxyl groups is 2. The first-order valence-corrected chi connectivity index (χ1v) is 5.28. The van der Waals surface area contributed by atoms with Gasteiger partial charge >= 0.3 is 0 Å². The second-order valence-corrected chi connectivity index (χ2v) is 4.01. The van der Waals surface area contributed by atoms with Crippen LogP contribution in [-0.2, 0) is 4.79 Å². The van der Waals surface area contributed by atoms with Crippen molar-refractivity contribution >= 4 is 22.7 Å². The quantitative estimate of drug-likeness (QED) is 0.588. The Bertz CT molecular complexity index is 581. The summed E-state index contributed by atoms with van der Waals surface area (Å²) in [5.74, 6) is -0.490. The number of nitrogens with zero attached hydrogens (tertiary/aromatic N) is 1. The lowest BCUT2D eigenvalue weighted by atomic mass is 10.0. The molecular weight excluding hydrogens is 238 g/mol. The first kappa shape index (κ1) is 12.3. The van der Waals surface area contributed by atoms with E-state index >= 15 is 0 Å². The largest absolute Gasteiger partial charge is 0.390 e. The van der Waals surface area contributed by atoms with Crippen molar-refractivity contribution in [2.75, 3.05) is 5.73 Å². The number of benzene rings is 1. The number of primary amides is 1. The average molecular weight is 251 g/mol. The molecule has 0 aliphatic heterocycles. The second-order valence-electron chi connectivity index (χ2n) is 4.01. The normalized spacial score (nSPS) is 14.6. The van der Waals surface area contributed by atoms with Crippen molar-refractivity contribution in [2.45, 2.75) is 18.6 Å². The van der Waals surface area contributed by atoms with Crippen LogP contribution in [0.3, 0.4) is 0 Å². The molecule has 0 aliphatic rings. The highest BCUT2D eigenvalue weighted by molar-refractivity contribution is 5.87. The Kier molecular flexibility index (Phi) is 3.17. The minimum absolute atomic E-state index is 0.198. The van der Waals surface area contributed by atoms with Crippen molar-refractivity contribution in [2.24, 2.45) is 5.73 Å². The number of nitrogen functional groups attached to an aromatic ring is 1. The maximum Gasteiger partial charge on any atom is 0.220 e. The number of amides is 1. The summed E-state index contributed by atoms with van der Waals surface area (Å²) < 4.78 is 4.92. The molecule has 0 spiro atoms. The topological polar surface area (TPSA) is 136 Å². The van der Waals surface area contributed by atoms with E-state index in [1.54, 1.807) is 18.2 Å². The third-order valence-electron chi connectivity index (χ3n) is 2.64. The summed E-state index contributed by atoms with van der Waals surface area (Å²) >= 11 is 0. The number of fused-ring (bicyclic) bond motifs is 1. The molecule has 0 saturated heterocycles. The fraction of sp³-hybridized carbons (Fsp3) is 0.273. The van der Waals surface area contributed by atoms with Crippen LogP contribution < -0.4 is 11.5 Å². The average Bonchev–Trinajstić information content (AvgIpc) is 2.69. The maximum absolute atomic E-state index is 10.7. The molecule has 1 amide bonds. The van der Waals surface area contributed by atoms with E-state index in [4.69, 9.17) is 16.0 Å². The second kappa shape index (κ2) is 4.63. The smallest absolute Gasteiger partial charge is 0.220 e. The van der Waals surface area contributed by atoms with Gasteiger partial charge in [-0.25, -0.2) is 0 Å². The molecule has 2 unspecified atom stereocenters. The van der Waals surface area contributed by atoms with Crippen LogP contribution in [0.25, 0.3) is 11.0 Å². The van der Waals surface area contributed by atoms with Gasteiger partial charge in [0.25, 0.3) is 0 Å². The summed E-state index contributed by atoms with van der Waals surface area (Å²) in [6.45, 7) is 0. The maximum atomic E-state index is 10.7. The zero-order chi connectivity index (χ0) is 13.3. The van der Waals surface area contributed by atoms with Crippen LogP contribution in [-0.4, -0.2) is 27.4 Å². The molecule has 2 aromatic rings. The Morgan fingerprint density at radius 1 is 1.44 bits per heavy atom. The van der Waals surface area contributed by atoms with E-state index in [1.807, 2.05) is 0 Å². The van der Waals surface area contributed by atoms with E-state index in [0.717, 1.165) is 0 Å². The van der Waals surface area contributed by atoms with Gasteiger partial charge in [-0.1, -0.05) is 11.2 Å². The van der Waals surface area contributed by atoms with Crippen LogP contribution in [0.2, 0.25) is 0 Å². The number of aliphatic hydroxyl groups excluding tert-OH is 2. The van der Waals surface area contributed by atoms with Gasteiger partial charge in [0, 0.05) is 0 Å². The van der Waals surface area contributed by atoms with Crippen LogP contribution in [0.5, 0.6) is 0 Å². The number of carbonyl (C=O) groups is 1. The highest BCUT2D eigenvalue weighted by Crippen LogP contribution is 2.26. The minimum Gasteiger partial charge on any atom is -0.390 e. The van der Waals surface area contributed by atoms with Crippen LogP contribution in [0.4, 0.5) is 5.82 Å². The summed E-state index contributed by atoms with van der Waals surface area (Å²) in [5.41, 5.74) is 11.4. The van der Waals surface area contributed by atoms with Crippen molar-refractivity contribution in [3.05, 3.63) is 23.8 Å². The van der Waals surface area contributed by atoms with E-state index in [1.165, 1.54) is 0 Å². The van der Waals surface area contributed by atoms with Gasteiger partial charge in [-0.15, -0.1) is 0 Å². The number of hydrogen-bond acceptors (Lipinski definition) is 6. The molecule has 1 aromatic carbocycles. The third kappa shape index (κ3) is 2.27. The van der Waals surface area contributed by atoms with Crippen molar-refractivity contribution in [1.29, 1.82) is 0 Å². The van der Waals surface area contributed by atoms with Gasteiger partial charge in [-0.05, 0) is 17.7 Å². The summed E-state index contributed by atoms with van der Waals surface area (Å²) in [5, 5.41) is 23.6. The zero-order valence-electron chi connectivity index (χ0n) is 9.41. The predicted octanol–water partition coefficient (Wildman–Crippen LogP) is -0.320. The third-order valence-corrected chi connectivity index (χ3v) is 2.64. The van der Waals surface area contributed by atoms with Gasteiger partial charge in [-0.2, -0.15) is 0 Å². The molecule has 2 atom stereocenters. The van der Waals surface area contributed by atoms with E-state index in [0.29, 0.717) is 16.5 Å². The Balaban J connectivity index is 2.29. The first-order chi connectivity index (χ1) is 8.49. The summed E-state index contributed by atoms with van der Waals surface area (Å²) in [6, 6.07) is 4.69. The lowest BCUT2D eigenvalue weighted by molar-refractivity contribution is -0.121. The van der Waals surface area contributed by atoms with E-state index in [9.17, 15) is 15.0 Å². The Labute approximate surface area is 102 Å². The van der Waals surface area contributed by atoms with Gasteiger partial charge < -0.3 is 26.2 Å². The van der Waals surface area contributed by atoms with Crippen LogP contribution in [0.15, 0.2) is 22.7 Å². The van der Waals surface area contributed by atoms with Crippen molar-refractivity contribution in [3.63, 3.8) is 0 Å². The van der Waals surface area contributed by atoms with Crippen molar-refractivity contribution in [3.8, 4) is 0 Å². The molecule has 0 bridgehead atoms. The molecule has 0 radical (unpaired) electrons. The molecule has 7 heteroatoms. The standard InChI is InChI=1S/C11H13N3O4/c12-9(16)4-7(15)10(17)5-1-2-8-6(3-5)11(13)14-18-8/h1-3,7,10,15,17H,4H2,(H2,12,16)(H2,13,14). The summed E-state index contributed by atoms with van der Waals surface area (Å²) in [4.78, 5) is 10.7. The zero-order valence-corrected chi connectivity index (χ0v) is 9.41. The summed E-state index contributed by atoms with van der Waals surface area (Å²) in [6.07, 6.45) is -2.81. The van der Waals surface area contributed by atoms with Gasteiger partial charge in [0.05, 0.1) is 17.9 Å². The SMILES string of the molecule is NC(=O)CC(O)C(O)c1ccc2onc(N)c2c1. The van der Waals surface area contributed by atoms with Gasteiger partial charge in [0.15, 0.2) is 11.4 Å². The Morgan fingerprint density at radius 2 is 2.17 bits per heavy atom. The molecule has 6 N–H and O–H groups in total. The number of anilines is 1. The fourth-order valence-corrected chi connectivity index (χ4v) is 1.70. The predicted molar refractivity (Wildman–Crippen MR) is 63.2 cm³/mol. The highest BCUT2D eigenvalue weighted by atomic mass is 16.5. The molecular formula is C11H13N3O4. The van der Waals surface area contributed by atoms with Crippen LogP contribution in [0.1, 0.15) is 18.1 Å². The number of rotatable bonds is 4. The highest BCUT2D eigenvalue weighted by Gasteiger charge is 2.21. The van der Waals surface area contributed by atoms with Gasteiger partial charge in [0.2, 0.25) is 5.91 Å². The fourth-order valence-electron chi connectivity index (χ4n) is 1.70. The molecule has 0 saturated carbocycles. The minimum atomic E-state index is -1.26. The van der Waals surface area contributed by atoms with Crippen LogP contribution >= 0.6 is 0 Å². The molecule has 2 rings (SSSR count). The lowest BCUT2D eigenvalue weighted by Crippen LogP contribution is -2.25. The lowest BCUT2D eigenvalue weighted by Gasteiger charge is -2.16. The molecule has 1 aromatic heterocycles. The number of aromatic nitrogens is 1. The van der Waals surface area contributed by atoms with Crippen molar-refractivity contribution in [1.82, 2.24) is 5.16 Å². The molecule has 7 nitrogen and oxygen atoms in total. The van der Waals surface area contributed by atoms with Crippen LogP contribution in [0, 0.1) is 0 Å². The first-order valence-electron chi connectivity index (χ1n) is 5.28.